The molecule has 0 amide bonds. The van der Waals surface area contributed by atoms with Crippen LogP contribution in [0.4, 0.5) is 0 Å². The second-order valence-electron chi connectivity index (χ2n) is 5.72. The van der Waals surface area contributed by atoms with Gasteiger partial charge >= 0.3 is 0 Å². The summed E-state index contributed by atoms with van der Waals surface area (Å²) in [5, 5.41) is 3.63. The summed E-state index contributed by atoms with van der Waals surface area (Å²) in [6, 6.07) is 13.7. The van der Waals surface area contributed by atoms with E-state index >= 15 is 0 Å². The quantitative estimate of drug-likeness (QED) is 0.744. The summed E-state index contributed by atoms with van der Waals surface area (Å²) < 4.78 is 5.44. The van der Waals surface area contributed by atoms with E-state index in [0.29, 0.717) is 21.9 Å². The minimum atomic E-state index is -0.0876. The number of carbonyl (C=O) groups excluding carboxylic acids is 2. The number of ether oxygens (including phenoxy) is 1. The smallest absolute Gasteiger partial charge is 0.193 e. The van der Waals surface area contributed by atoms with Crippen molar-refractivity contribution in [1.29, 1.82) is 0 Å². The highest BCUT2D eigenvalue weighted by molar-refractivity contribution is 6.30. The Kier molecular flexibility index (Phi) is 6.53. The first-order chi connectivity index (χ1) is 11.5. The van der Waals surface area contributed by atoms with Crippen LogP contribution in [0.5, 0.6) is 5.75 Å². The third kappa shape index (κ3) is 5.48. The molecule has 0 unspecified atom stereocenters. The Morgan fingerprint density at radius 3 is 2.08 bits per heavy atom. The summed E-state index contributed by atoms with van der Waals surface area (Å²) in [7, 11) is 0. The fraction of sp³-hybridized carbons (Fsp3) is 0.263. The molecule has 0 spiro atoms. The van der Waals surface area contributed by atoms with E-state index in [2.05, 4.69) is 5.32 Å². The van der Waals surface area contributed by atoms with Crippen molar-refractivity contribution >= 4 is 23.2 Å². The van der Waals surface area contributed by atoms with Crippen LogP contribution in [0, 0.1) is 0 Å². The van der Waals surface area contributed by atoms with E-state index in [1.165, 1.54) is 0 Å². The Balaban J connectivity index is 1.92. The van der Waals surface area contributed by atoms with Gasteiger partial charge in [-0.15, -0.1) is 0 Å². The lowest BCUT2D eigenvalue weighted by Gasteiger charge is -2.09. The molecule has 4 nitrogen and oxygen atoms in total. The minimum Gasteiger partial charge on any atom is -0.486 e. The predicted molar refractivity (Wildman–Crippen MR) is 95.0 cm³/mol. The minimum absolute atomic E-state index is 0.00416. The molecule has 0 fully saturated rings. The predicted octanol–water partition coefficient (Wildman–Crippen LogP) is 3.52. The topological polar surface area (TPSA) is 55.4 Å². The summed E-state index contributed by atoms with van der Waals surface area (Å²) in [6.45, 7) is 4.24. The third-order valence-electron chi connectivity index (χ3n) is 3.33. The molecule has 2 aromatic rings. The third-order valence-corrected chi connectivity index (χ3v) is 3.58. The molecule has 0 saturated heterocycles. The van der Waals surface area contributed by atoms with Crippen molar-refractivity contribution in [3.05, 3.63) is 64.7 Å². The SMILES string of the molecule is CC(C)NCC(=O)COc1ccc(C(=O)c2ccc(Cl)cc2)cc1. The van der Waals surface area contributed by atoms with E-state index in [9.17, 15) is 9.59 Å². The molecule has 0 aliphatic heterocycles. The molecule has 0 saturated carbocycles. The second-order valence-corrected chi connectivity index (χ2v) is 6.16. The van der Waals surface area contributed by atoms with Crippen molar-refractivity contribution in [2.75, 3.05) is 13.2 Å². The van der Waals surface area contributed by atoms with Gasteiger partial charge < -0.3 is 10.1 Å². The Hall–Kier alpha value is -2.17. The van der Waals surface area contributed by atoms with Crippen molar-refractivity contribution in [2.24, 2.45) is 0 Å². The molecule has 0 bridgehead atoms. The number of ketones is 2. The second kappa shape index (κ2) is 8.62. The summed E-state index contributed by atoms with van der Waals surface area (Å²) in [5.74, 6) is 0.445. The van der Waals surface area contributed by atoms with Gasteiger partial charge in [-0.1, -0.05) is 25.4 Å². The molecular weight excluding hydrogens is 326 g/mol. The first-order valence-electron chi connectivity index (χ1n) is 7.74. The van der Waals surface area contributed by atoms with Crippen LogP contribution in [0.3, 0.4) is 0 Å². The lowest BCUT2D eigenvalue weighted by Crippen LogP contribution is -2.31. The number of Topliss-reactive ketones (excluding diaryl/α,β-unsaturated/α-hetero) is 1. The van der Waals surface area contributed by atoms with E-state index in [1.807, 2.05) is 13.8 Å². The highest BCUT2D eigenvalue weighted by Crippen LogP contribution is 2.17. The summed E-state index contributed by atoms with van der Waals surface area (Å²) in [4.78, 5) is 24.0. The van der Waals surface area contributed by atoms with E-state index in [0.717, 1.165) is 0 Å². The molecule has 0 aromatic heterocycles. The van der Waals surface area contributed by atoms with E-state index < -0.39 is 0 Å². The molecule has 126 valence electrons. The Labute approximate surface area is 146 Å². The molecule has 0 radical (unpaired) electrons. The monoisotopic (exact) mass is 345 g/mol. The molecule has 2 rings (SSSR count). The molecular formula is C19H20ClNO3. The summed E-state index contributed by atoms with van der Waals surface area (Å²) >= 11 is 5.82. The van der Waals surface area contributed by atoms with Gasteiger partial charge in [0, 0.05) is 22.2 Å². The fourth-order valence-electron chi connectivity index (χ4n) is 2.00. The van der Waals surface area contributed by atoms with Gasteiger partial charge in [-0.2, -0.15) is 0 Å². The van der Waals surface area contributed by atoms with E-state index in [1.54, 1.807) is 48.5 Å². The van der Waals surface area contributed by atoms with Gasteiger partial charge in [0.25, 0.3) is 0 Å². The molecule has 2 aromatic carbocycles. The number of benzene rings is 2. The Morgan fingerprint density at radius 2 is 1.54 bits per heavy atom. The average Bonchev–Trinajstić information content (AvgIpc) is 2.58. The molecule has 0 heterocycles. The molecule has 0 atom stereocenters. The largest absolute Gasteiger partial charge is 0.486 e. The molecule has 0 aliphatic carbocycles. The molecule has 0 aliphatic rings. The zero-order valence-electron chi connectivity index (χ0n) is 13.7. The van der Waals surface area contributed by atoms with E-state index in [4.69, 9.17) is 16.3 Å². The van der Waals surface area contributed by atoms with Crippen molar-refractivity contribution < 1.29 is 14.3 Å². The zero-order chi connectivity index (χ0) is 17.5. The van der Waals surface area contributed by atoms with Crippen LogP contribution >= 0.6 is 11.6 Å². The highest BCUT2D eigenvalue weighted by Gasteiger charge is 2.09. The number of rotatable bonds is 8. The molecule has 1 N–H and O–H groups in total. The summed E-state index contributed by atoms with van der Waals surface area (Å²) in [6.07, 6.45) is 0. The fourth-order valence-corrected chi connectivity index (χ4v) is 2.13. The van der Waals surface area contributed by atoms with Crippen LogP contribution in [-0.2, 0) is 4.79 Å². The number of nitrogens with one attached hydrogen (secondary N) is 1. The van der Waals surface area contributed by atoms with Gasteiger partial charge in [-0.3, -0.25) is 9.59 Å². The highest BCUT2D eigenvalue weighted by atomic mass is 35.5. The Bertz CT molecular complexity index is 694. The van der Waals surface area contributed by atoms with Gasteiger partial charge in [-0.05, 0) is 48.5 Å². The maximum Gasteiger partial charge on any atom is 0.193 e. The number of hydrogen-bond donors (Lipinski definition) is 1. The maximum absolute atomic E-state index is 12.3. The first kappa shape index (κ1) is 18.2. The molecule has 5 heteroatoms. The lowest BCUT2D eigenvalue weighted by atomic mass is 10.0. The number of halogens is 1. The van der Waals surface area contributed by atoms with Crippen LogP contribution in [0.25, 0.3) is 0 Å². The first-order valence-corrected chi connectivity index (χ1v) is 8.11. The van der Waals surface area contributed by atoms with Gasteiger partial charge in [0.15, 0.2) is 11.6 Å². The van der Waals surface area contributed by atoms with Crippen LogP contribution < -0.4 is 10.1 Å². The van der Waals surface area contributed by atoms with Crippen LogP contribution in [0.2, 0.25) is 5.02 Å². The zero-order valence-corrected chi connectivity index (χ0v) is 14.5. The van der Waals surface area contributed by atoms with Crippen LogP contribution in [-0.4, -0.2) is 30.8 Å². The lowest BCUT2D eigenvalue weighted by molar-refractivity contribution is -0.120. The Morgan fingerprint density at radius 1 is 1.00 bits per heavy atom. The van der Waals surface area contributed by atoms with Crippen molar-refractivity contribution in [3.63, 3.8) is 0 Å². The molecule has 24 heavy (non-hydrogen) atoms. The van der Waals surface area contributed by atoms with Gasteiger partial charge in [0.1, 0.15) is 12.4 Å². The number of carbonyl (C=O) groups is 2. The van der Waals surface area contributed by atoms with Crippen molar-refractivity contribution in [3.8, 4) is 5.75 Å². The number of hydrogen-bond acceptors (Lipinski definition) is 4. The van der Waals surface area contributed by atoms with Crippen LogP contribution in [0.1, 0.15) is 29.8 Å². The van der Waals surface area contributed by atoms with Gasteiger partial charge in [0.05, 0.1) is 6.54 Å². The van der Waals surface area contributed by atoms with Gasteiger partial charge in [-0.25, -0.2) is 0 Å². The standard InChI is InChI=1S/C19H20ClNO3/c1-13(2)21-11-17(22)12-24-18-9-5-15(6-10-18)19(23)14-3-7-16(20)8-4-14/h3-10,13,21H,11-12H2,1-2H3. The van der Waals surface area contributed by atoms with Gasteiger partial charge in [0.2, 0.25) is 0 Å². The average molecular weight is 346 g/mol. The van der Waals surface area contributed by atoms with Crippen LogP contribution in [0.15, 0.2) is 48.5 Å². The summed E-state index contributed by atoms with van der Waals surface area (Å²) in [5.41, 5.74) is 1.13. The van der Waals surface area contributed by atoms with Crippen molar-refractivity contribution in [2.45, 2.75) is 19.9 Å². The normalized spacial score (nSPS) is 10.7. The van der Waals surface area contributed by atoms with E-state index in [-0.39, 0.29) is 30.8 Å². The van der Waals surface area contributed by atoms with Crippen molar-refractivity contribution in [1.82, 2.24) is 5.32 Å². The maximum atomic E-state index is 12.3.